The zero-order valence-electron chi connectivity index (χ0n) is 12.5. The van der Waals surface area contributed by atoms with Crippen molar-refractivity contribution in [2.24, 2.45) is 0 Å². The van der Waals surface area contributed by atoms with E-state index >= 15 is 0 Å². The first-order valence-corrected chi connectivity index (χ1v) is 6.99. The Hall–Kier alpha value is -1.36. The largest absolute Gasteiger partial charge is 0.383 e. The molecule has 1 aromatic heterocycles. The minimum atomic E-state index is 0.539. The molecule has 19 heavy (non-hydrogen) atoms. The molecule has 5 heteroatoms. The maximum Gasteiger partial charge on any atom is 0.137 e. The lowest BCUT2D eigenvalue weighted by atomic mass is 10.2. The van der Waals surface area contributed by atoms with Gasteiger partial charge in [0, 0.05) is 25.1 Å². The highest BCUT2D eigenvalue weighted by Crippen LogP contribution is 2.39. The van der Waals surface area contributed by atoms with Crippen LogP contribution in [0.5, 0.6) is 0 Å². The molecule has 0 saturated heterocycles. The Balaban J connectivity index is 2.08. The molecule has 1 aliphatic rings. The van der Waals surface area contributed by atoms with E-state index in [0.29, 0.717) is 11.7 Å². The van der Waals surface area contributed by atoms with Gasteiger partial charge in [0.05, 0.1) is 0 Å². The third-order valence-corrected chi connectivity index (χ3v) is 3.58. The van der Waals surface area contributed by atoms with Crippen LogP contribution >= 0.6 is 0 Å². The van der Waals surface area contributed by atoms with Crippen molar-refractivity contribution in [2.45, 2.75) is 32.1 Å². The van der Waals surface area contributed by atoms with Crippen molar-refractivity contribution >= 4 is 11.6 Å². The van der Waals surface area contributed by atoms with Crippen LogP contribution in [0, 0.1) is 6.92 Å². The molecule has 5 nitrogen and oxygen atoms in total. The molecule has 0 unspecified atom stereocenters. The summed E-state index contributed by atoms with van der Waals surface area (Å²) in [7, 11) is 6.28. The van der Waals surface area contributed by atoms with Gasteiger partial charge in [0.15, 0.2) is 0 Å². The van der Waals surface area contributed by atoms with Gasteiger partial charge in [0.2, 0.25) is 0 Å². The fraction of sp³-hybridized carbons (Fsp3) is 0.714. The Morgan fingerprint density at radius 2 is 1.84 bits per heavy atom. The number of hydrogen-bond donors (Lipinski definition) is 1. The van der Waals surface area contributed by atoms with Gasteiger partial charge in [0.25, 0.3) is 0 Å². The second kappa shape index (κ2) is 5.74. The third-order valence-electron chi connectivity index (χ3n) is 3.58. The van der Waals surface area contributed by atoms with E-state index in [0.717, 1.165) is 36.7 Å². The Bertz CT molecular complexity index is 440. The SMILES string of the molecule is Cc1c(N)nc(C2CC2)nc1N(C)CCCN(C)C. The summed E-state index contributed by atoms with van der Waals surface area (Å²) in [5, 5.41) is 0. The van der Waals surface area contributed by atoms with Crippen LogP contribution in [0.1, 0.15) is 36.6 Å². The average molecular weight is 263 g/mol. The summed E-state index contributed by atoms with van der Waals surface area (Å²) in [6.45, 7) is 4.07. The number of aromatic nitrogens is 2. The lowest BCUT2D eigenvalue weighted by Gasteiger charge is -2.22. The van der Waals surface area contributed by atoms with Gasteiger partial charge in [-0.2, -0.15) is 0 Å². The summed E-state index contributed by atoms with van der Waals surface area (Å²) in [6, 6.07) is 0. The van der Waals surface area contributed by atoms with Gasteiger partial charge in [0.1, 0.15) is 17.5 Å². The van der Waals surface area contributed by atoms with Crippen LogP contribution in [0.4, 0.5) is 11.6 Å². The summed E-state index contributed by atoms with van der Waals surface area (Å²) in [5.41, 5.74) is 7.01. The van der Waals surface area contributed by atoms with Gasteiger partial charge in [-0.15, -0.1) is 0 Å². The number of nitrogens with two attached hydrogens (primary N) is 1. The topological polar surface area (TPSA) is 58.3 Å². The van der Waals surface area contributed by atoms with Gasteiger partial charge < -0.3 is 15.5 Å². The Kier molecular flexibility index (Phi) is 4.24. The van der Waals surface area contributed by atoms with Gasteiger partial charge >= 0.3 is 0 Å². The fourth-order valence-electron chi connectivity index (χ4n) is 2.16. The smallest absolute Gasteiger partial charge is 0.137 e. The molecule has 0 atom stereocenters. The molecule has 0 aliphatic heterocycles. The maximum absolute atomic E-state index is 6.02. The summed E-state index contributed by atoms with van der Waals surface area (Å²) in [6.07, 6.45) is 3.52. The summed E-state index contributed by atoms with van der Waals surface area (Å²) in [4.78, 5) is 13.5. The maximum atomic E-state index is 6.02. The van der Waals surface area contributed by atoms with Crippen molar-refractivity contribution in [3.05, 3.63) is 11.4 Å². The predicted molar refractivity (Wildman–Crippen MR) is 79.6 cm³/mol. The van der Waals surface area contributed by atoms with E-state index in [1.165, 1.54) is 12.8 Å². The molecule has 1 aliphatic carbocycles. The zero-order valence-corrected chi connectivity index (χ0v) is 12.5. The second-order valence-corrected chi connectivity index (χ2v) is 5.77. The molecule has 1 heterocycles. The Morgan fingerprint density at radius 1 is 1.16 bits per heavy atom. The van der Waals surface area contributed by atoms with Crippen molar-refractivity contribution in [1.82, 2.24) is 14.9 Å². The van der Waals surface area contributed by atoms with Crippen LogP contribution in [-0.4, -0.2) is 49.1 Å². The Morgan fingerprint density at radius 3 is 2.42 bits per heavy atom. The molecule has 1 saturated carbocycles. The minimum absolute atomic E-state index is 0.539. The normalized spacial score (nSPS) is 15.0. The standard InChI is InChI=1S/C14H25N5/c1-10-12(15)16-13(11-6-7-11)17-14(10)19(4)9-5-8-18(2)3/h11H,5-9H2,1-4H3,(H2,15,16,17). The van der Waals surface area contributed by atoms with Gasteiger partial charge in [-0.05, 0) is 46.8 Å². The number of nitrogen functional groups attached to an aromatic ring is 1. The first-order valence-electron chi connectivity index (χ1n) is 6.99. The van der Waals surface area contributed by atoms with Crippen LogP contribution in [0.2, 0.25) is 0 Å². The van der Waals surface area contributed by atoms with Gasteiger partial charge in [-0.1, -0.05) is 0 Å². The first kappa shape index (κ1) is 14.1. The highest BCUT2D eigenvalue weighted by atomic mass is 15.2. The van der Waals surface area contributed by atoms with E-state index < -0.39 is 0 Å². The number of anilines is 2. The van der Waals surface area contributed by atoms with Crippen molar-refractivity contribution in [3.8, 4) is 0 Å². The monoisotopic (exact) mass is 263 g/mol. The molecule has 0 spiro atoms. The minimum Gasteiger partial charge on any atom is -0.383 e. The third kappa shape index (κ3) is 3.56. The molecule has 1 fully saturated rings. The van der Waals surface area contributed by atoms with Crippen molar-refractivity contribution in [2.75, 3.05) is 44.9 Å². The highest BCUT2D eigenvalue weighted by molar-refractivity contribution is 5.56. The second-order valence-electron chi connectivity index (χ2n) is 5.77. The van der Waals surface area contributed by atoms with E-state index in [4.69, 9.17) is 10.7 Å². The van der Waals surface area contributed by atoms with E-state index in [1.807, 2.05) is 6.92 Å². The first-order chi connectivity index (χ1) is 8.99. The number of hydrogen-bond acceptors (Lipinski definition) is 5. The van der Waals surface area contributed by atoms with Gasteiger partial charge in [-0.25, -0.2) is 9.97 Å². The van der Waals surface area contributed by atoms with E-state index in [9.17, 15) is 0 Å². The molecule has 0 bridgehead atoms. The number of rotatable bonds is 6. The quantitative estimate of drug-likeness (QED) is 0.845. The molecule has 0 aromatic carbocycles. The zero-order chi connectivity index (χ0) is 14.0. The molecule has 1 aromatic rings. The van der Waals surface area contributed by atoms with E-state index in [-0.39, 0.29) is 0 Å². The molecule has 106 valence electrons. The molecule has 0 amide bonds. The van der Waals surface area contributed by atoms with E-state index in [1.54, 1.807) is 0 Å². The van der Waals surface area contributed by atoms with Crippen LogP contribution in [0.15, 0.2) is 0 Å². The lowest BCUT2D eigenvalue weighted by molar-refractivity contribution is 0.401. The molecule has 0 radical (unpaired) electrons. The predicted octanol–water partition coefficient (Wildman–Crippen LogP) is 1.63. The van der Waals surface area contributed by atoms with Crippen LogP contribution in [0.3, 0.4) is 0 Å². The summed E-state index contributed by atoms with van der Waals surface area (Å²) >= 11 is 0. The summed E-state index contributed by atoms with van der Waals surface area (Å²) in [5.74, 6) is 3.09. The van der Waals surface area contributed by atoms with Crippen molar-refractivity contribution in [1.29, 1.82) is 0 Å². The molecular formula is C14H25N5. The van der Waals surface area contributed by atoms with Crippen LogP contribution in [0.25, 0.3) is 0 Å². The van der Waals surface area contributed by atoms with Crippen LogP contribution < -0.4 is 10.6 Å². The highest BCUT2D eigenvalue weighted by Gasteiger charge is 2.28. The summed E-state index contributed by atoms with van der Waals surface area (Å²) < 4.78 is 0. The fourth-order valence-corrected chi connectivity index (χ4v) is 2.16. The number of nitrogens with zero attached hydrogens (tertiary/aromatic N) is 4. The van der Waals surface area contributed by atoms with Crippen LogP contribution in [-0.2, 0) is 0 Å². The Labute approximate surface area is 115 Å². The lowest BCUT2D eigenvalue weighted by Crippen LogP contribution is -2.25. The van der Waals surface area contributed by atoms with E-state index in [2.05, 4.69) is 35.9 Å². The molecular weight excluding hydrogens is 238 g/mol. The average Bonchev–Trinajstić information content (AvgIpc) is 3.15. The molecule has 2 N–H and O–H groups in total. The van der Waals surface area contributed by atoms with Crippen molar-refractivity contribution < 1.29 is 0 Å². The molecule has 2 rings (SSSR count). The van der Waals surface area contributed by atoms with Crippen molar-refractivity contribution in [3.63, 3.8) is 0 Å². The van der Waals surface area contributed by atoms with Gasteiger partial charge in [-0.3, -0.25) is 0 Å².